The van der Waals surface area contributed by atoms with Gasteiger partial charge in [-0.2, -0.15) is 5.10 Å². The molecule has 0 bridgehead atoms. The van der Waals surface area contributed by atoms with Gasteiger partial charge in [0.1, 0.15) is 0 Å². The van der Waals surface area contributed by atoms with Crippen LogP contribution in [0.4, 0.5) is 0 Å². The van der Waals surface area contributed by atoms with Gasteiger partial charge in [-0.25, -0.2) is 9.50 Å². The number of aromatic nitrogens is 3. The first-order valence-electron chi connectivity index (χ1n) is 7.22. The average molecular weight is 258 g/mol. The molecule has 3 heterocycles. The van der Waals surface area contributed by atoms with E-state index in [1.54, 1.807) is 0 Å². The maximum atomic E-state index is 4.69. The van der Waals surface area contributed by atoms with Crippen LogP contribution in [-0.2, 0) is 6.42 Å². The van der Waals surface area contributed by atoms with E-state index in [9.17, 15) is 0 Å². The standard InChI is InChI=1S/C15H22N4/c1-11(2)18-8-5-7-13(18)10-14-16-15-12(3)6-4-9-19(15)17-14/h4,6,9,11,13H,5,7-8,10H2,1-3H3. The summed E-state index contributed by atoms with van der Waals surface area (Å²) in [5.41, 5.74) is 2.18. The van der Waals surface area contributed by atoms with Crippen molar-refractivity contribution >= 4 is 5.65 Å². The first-order valence-corrected chi connectivity index (χ1v) is 7.22. The summed E-state index contributed by atoms with van der Waals surface area (Å²) in [5.74, 6) is 0.979. The second-order valence-electron chi connectivity index (χ2n) is 5.82. The molecule has 0 spiro atoms. The summed E-state index contributed by atoms with van der Waals surface area (Å²) >= 11 is 0. The largest absolute Gasteiger partial charge is 0.298 e. The molecule has 1 aliphatic heterocycles. The number of aryl methyl sites for hydroxylation is 1. The predicted molar refractivity (Wildman–Crippen MR) is 76.3 cm³/mol. The lowest BCUT2D eigenvalue weighted by Crippen LogP contribution is -2.36. The van der Waals surface area contributed by atoms with Crippen molar-refractivity contribution in [2.75, 3.05) is 6.54 Å². The average Bonchev–Trinajstić information content (AvgIpc) is 2.96. The zero-order chi connectivity index (χ0) is 13.4. The summed E-state index contributed by atoms with van der Waals surface area (Å²) in [5, 5.41) is 4.61. The van der Waals surface area contributed by atoms with Gasteiger partial charge < -0.3 is 0 Å². The van der Waals surface area contributed by atoms with Crippen LogP contribution in [0.15, 0.2) is 18.3 Å². The van der Waals surface area contributed by atoms with Crippen LogP contribution in [0.25, 0.3) is 5.65 Å². The number of likely N-dealkylation sites (tertiary alicyclic amines) is 1. The van der Waals surface area contributed by atoms with E-state index >= 15 is 0 Å². The minimum Gasteiger partial charge on any atom is -0.298 e. The summed E-state index contributed by atoms with van der Waals surface area (Å²) in [6.07, 6.45) is 5.52. The van der Waals surface area contributed by atoms with E-state index in [1.165, 1.54) is 24.9 Å². The lowest BCUT2D eigenvalue weighted by atomic mass is 10.1. The zero-order valence-electron chi connectivity index (χ0n) is 12.0. The molecular formula is C15H22N4. The van der Waals surface area contributed by atoms with Crippen LogP contribution in [0.2, 0.25) is 0 Å². The van der Waals surface area contributed by atoms with Gasteiger partial charge in [-0.1, -0.05) is 6.07 Å². The van der Waals surface area contributed by atoms with Crippen molar-refractivity contribution in [2.45, 2.75) is 52.1 Å². The summed E-state index contributed by atoms with van der Waals surface area (Å²) < 4.78 is 1.90. The van der Waals surface area contributed by atoms with Gasteiger partial charge in [0, 0.05) is 24.7 Å². The minimum absolute atomic E-state index is 0.609. The van der Waals surface area contributed by atoms with E-state index < -0.39 is 0 Å². The molecule has 102 valence electrons. The Morgan fingerprint density at radius 1 is 1.42 bits per heavy atom. The first kappa shape index (κ1) is 12.6. The topological polar surface area (TPSA) is 33.4 Å². The summed E-state index contributed by atoms with van der Waals surface area (Å²) in [6.45, 7) is 7.86. The van der Waals surface area contributed by atoms with Crippen molar-refractivity contribution < 1.29 is 0 Å². The van der Waals surface area contributed by atoms with Crippen LogP contribution in [0.5, 0.6) is 0 Å². The van der Waals surface area contributed by atoms with E-state index in [0.717, 1.165) is 17.9 Å². The maximum Gasteiger partial charge on any atom is 0.158 e. The normalized spacial score (nSPS) is 20.7. The van der Waals surface area contributed by atoms with Crippen LogP contribution in [-0.4, -0.2) is 38.1 Å². The number of pyridine rings is 1. The second-order valence-corrected chi connectivity index (χ2v) is 5.82. The van der Waals surface area contributed by atoms with Gasteiger partial charge in [-0.05, 0) is 51.8 Å². The molecule has 2 aromatic heterocycles. The zero-order valence-corrected chi connectivity index (χ0v) is 12.0. The van der Waals surface area contributed by atoms with Gasteiger partial charge in [-0.3, -0.25) is 4.90 Å². The fourth-order valence-electron chi connectivity index (χ4n) is 3.14. The Morgan fingerprint density at radius 3 is 3.00 bits per heavy atom. The minimum atomic E-state index is 0.609. The van der Waals surface area contributed by atoms with Gasteiger partial charge in [-0.15, -0.1) is 0 Å². The second kappa shape index (κ2) is 4.93. The number of hydrogen-bond donors (Lipinski definition) is 0. The fourth-order valence-corrected chi connectivity index (χ4v) is 3.14. The van der Waals surface area contributed by atoms with Crippen LogP contribution in [0, 0.1) is 6.92 Å². The Balaban J connectivity index is 1.83. The van der Waals surface area contributed by atoms with E-state index in [2.05, 4.69) is 36.8 Å². The number of rotatable bonds is 3. The summed E-state index contributed by atoms with van der Waals surface area (Å²) in [6, 6.07) is 5.34. The molecule has 4 heteroatoms. The van der Waals surface area contributed by atoms with Crippen molar-refractivity contribution in [1.29, 1.82) is 0 Å². The van der Waals surface area contributed by atoms with E-state index in [4.69, 9.17) is 4.98 Å². The molecule has 0 amide bonds. The molecule has 0 aromatic carbocycles. The molecule has 1 fully saturated rings. The highest BCUT2D eigenvalue weighted by Crippen LogP contribution is 2.22. The molecule has 3 rings (SSSR count). The molecule has 1 unspecified atom stereocenters. The summed E-state index contributed by atoms with van der Waals surface area (Å²) in [7, 11) is 0. The van der Waals surface area contributed by atoms with Crippen LogP contribution in [0.1, 0.15) is 38.1 Å². The highest BCUT2D eigenvalue weighted by atomic mass is 15.3. The molecule has 0 aliphatic carbocycles. The van der Waals surface area contributed by atoms with Gasteiger partial charge in [0.15, 0.2) is 11.5 Å². The van der Waals surface area contributed by atoms with Gasteiger partial charge in [0.05, 0.1) is 0 Å². The van der Waals surface area contributed by atoms with Crippen molar-refractivity contribution in [3.63, 3.8) is 0 Å². The molecule has 0 saturated carbocycles. The molecule has 1 saturated heterocycles. The monoisotopic (exact) mass is 258 g/mol. The fraction of sp³-hybridized carbons (Fsp3) is 0.600. The number of fused-ring (bicyclic) bond motifs is 1. The van der Waals surface area contributed by atoms with Gasteiger partial charge >= 0.3 is 0 Å². The van der Waals surface area contributed by atoms with Gasteiger partial charge in [0.2, 0.25) is 0 Å². The molecule has 4 nitrogen and oxygen atoms in total. The molecule has 2 aromatic rings. The highest BCUT2D eigenvalue weighted by molar-refractivity contribution is 5.45. The Hall–Kier alpha value is -1.42. The highest BCUT2D eigenvalue weighted by Gasteiger charge is 2.27. The number of nitrogens with zero attached hydrogens (tertiary/aromatic N) is 4. The molecule has 0 N–H and O–H groups in total. The predicted octanol–water partition coefficient (Wildman–Crippen LogP) is 2.45. The molecular weight excluding hydrogens is 236 g/mol. The number of hydrogen-bond acceptors (Lipinski definition) is 3. The SMILES string of the molecule is Cc1cccn2nc(CC3CCCN3C(C)C)nc12. The quantitative estimate of drug-likeness (QED) is 0.848. The Morgan fingerprint density at radius 2 is 2.26 bits per heavy atom. The first-order chi connectivity index (χ1) is 9.15. The summed E-state index contributed by atoms with van der Waals surface area (Å²) in [4.78, 5) is 7.28. The maximum absolute atomic E-state index is 4.69. The van der Waals surface area contributed by atoms with Crippen molar-refractivity contribution in [1.82, 2.24) is 19.5 Å². The van der Waals surface area contributed by atoms with E-state index in [0.29, 0.717) is 12.1 Å². The third-order valence-corrected chi connectivity index (χ3v) is 4.11. The molecule has 1 atom stereocenters. The Labute approximate surface area is 114 Å². The van der Waals surface area contributed by atoms with Crippen molar-refractivity contribution in [2.24, 2.45) is 0 Å². The van der Waals surface area contributed by atoms with Crippen LogP contribution < -0.4 is 0 Å². The molecule has 0 radical (unpaired) electrons. The van der Waals surface area contributed by atoms with Crippen molar-refractivity contribution in [3.8, 4) is 0 Å². The Kier molecular flexibility index (Phi) is 3.27. The molecule has 19 heavy (non-hydrogen) atoms. The third kappa shape index (κ3) is 2.37. The lowest BCUT2D eigenvalue weighted by molar-refractivity contribution is 0.201. The van der Waals surface area contributed by atoms with E-state index in [1.807, 2.05) is 16.8 Å². The van der Waals surface area contributed by atoms with Crippen LogP contribution >= 0.6 is 0 Å². The third-order valence-electron chi connectivity index (χ3n) is 4.11. The lowest BCUT2D eigenvalue weighted by Gasteiger charge is -2.27. The smallest absolute Gasteiger partial charge is 0.158 e. The van der Waals surface area contributed by atoms with Crippen LogP contribution in [0.3, 0.4) is 0 Å². The van der Waals surface area contributed by atoms with Gasteiger partial charge in [0.25, 0.3) is 0 Å². The Bertz CT molecular complexity index is 573. The molecule has 1 aliphatic rings. The van der Waals surface area contributed by atoms with E-state index in [-0.39, 0.29) is 0 Å². The van der Waals surface area contributed by atoms with Crippen molar-refractivity contribution in [3.05, 3.63) is 29.7 Å².